The van der Waals surface area contributed by atoms with Crippen molar-refractivity contribution >= 4 is 34.3 Å². The van der Waals surface area contributed by atoms with Crippen LogP contribution in [0, 0.1) is 10.5 Å². The van der Waals surface area contributed by atoms with E-state index in [-0.39, 0.29) is 17.5 Å². The van der Waals surface area contributed by atoms with Crippen LogP contribution in [0.4, 0.5) is 5.82 Å². The molecule has 2 heterocycles. The number of nitrogens with zero attached hydrogens (tertiary/aromatic N) is 2. The lowest BCUT2D eigenvalue weighted by molar-refractivity contribution is 0.0889. The highest BCUT2D eigenvalue weighted by molar-refractivity contribution is 14.1. The number of aromatic nitrogens is 2. The smallest absolute Gasteiger partial charge is 0.257 e. The van der Waals surface area contributed by atoms with E-state index in [1.165, 1.54) is 9.13 Å². The number of carbonyl (C=O) groups excluding carboxylic acids is 1. The van der Waals surface area contributed by atoms with Gasteiger partial charge in [-0.1, -0.05) is 56.3 Å². The van der Waals surface area contributed by atoms with Crippen LogP contribution in [0.25, 0.3) is 0 Å². The molecule has 4 rings (SSSR count). The molecule has 1 unspecified atom stereocenters. The zero-order chi connectivity index (χ0) is 23.8. The summed E-state index contributed by atoms with van der Waals surface area (Å²) in [6.45, 7) is 10.6. The maximum Gasteiger partial charge on any atom is 0.257 e. The molecule has 0 saturated heterocycles. The van der Waals surface area contributed by atoms with E-state index in [9.17, 15) is 4.79 Å². The Kier molecular flexibility index (Phi) is 6.58. The number of rotatable bonds is 6. The van der Waals surface area contributed by atoms with Crippen molar-refractivity contribution in [2.75, 3.05) is 5.32 Å². The number of fused-ring (bicyclic) bond motifs is 1. The third kappa shape index (κ3) is 4.42. The SMILES string of the molecule is CCC(CC)(NC(=O)c1c(C)nn2c1NC(c1ccccc1)CC2(C)C)c1ccc(I)cc1. The predicted octanol–water partition coefficient (Wildman–Crippen LogP) is 6.53. The summed E-state index contributed by atoms with van der Waals surface area (Å²) in [6.07, 6.45) is 2.51. The van der Waals surface area contributed by atoms with Gasteiger partial charge in [0.15, 0.2) is 0 Å². The van der Waals surface area contributed by atoms with Crippen molar-refractivity contribution < 1.29 is 4.79 Å². The minimum absolute atomic E-state index is 0.0759. The van der Waals surface area contributed by atoms with Crippen molar-refractivity contribution in [2.45, 2.75) is 71.0 Å². The van der Waals surface area contributed by atoms with Gasteiger partial charge in [0.05, 0.1) is 22.8 Å². The molecule has 33 heavy (non-hydrogen) atoms. The van der Waals surface area contributed by atoms with Crippen molar-refractivity contribution in [2.24, 2.45) is 0 Å². The zero-order valence-corrected chi connectivity index (χ0v) is 22.2. The van der Waals surface area contributed by atoms with Crippen LogP contribution in [0.5, 0.6) is 0 Å². The lowest BCUT2D eigenvalue weighted by atomic mass is 9.84. The topological polar surface area (TPSA) is 59.0 Å². The molecule has 0 spiro atoms. The van der Waals surface area contributed by atoms with Crippen LogP contribution in [0.2, 0.25) is 0 Å². The van der Waals surface area contributed by atoms with Gasteiger partial charge in [0.25, 0.3) is 5.91 Å². The fourth-order valence-electron chi connectivity index (χ4n) is 5.01. The van der Waals surface area contributed by atoms with Gasteiger partial charge < -0.3 is 10.6 Å². The molecule has 1 aliphatic heterocycles. The van der Waals surface area contributed by atoms with E-state index in [1.54, 1.807) is 0 Å². The van der Waals surface area contributed by atoms with Gasteiger partial charge in [0.1, 0.15) is 11.4 Å². The summed E-state index contributed by atoms with van der Waals surface area (Å²) in [5, 5.41) is 11.9. The van der Waals surface area contributed by atoms with Gasteiger partial charge in [-0.2, -0.15) is 5.10 Å². The molecule has 1 atom stereocenters. The molecular formula is C27H33IN4O. The van der Waals surface area contributed by atoms with E-state index in [0.29, 0.717) is 5.56 Å². The van der Waals surface area contributed by atoms with E-state index in [2.05, 4.69) is 109 Å². The highest BCUT2D eigenvalue weighted by Gasteiger charge is 2.39. The Balaban J connectivity index is 1.72. The number of aryl methyl sites for hydroxylation is 1. The Bertz CT molecular complexity index is 1130. The molecule has 1 aromatic heterocycles. The Hall–Kier alpha value is -2.35. The molecule has 3 aromatic rings. The third-order valence-corrected chi connectivity index (χ3v) is 7.75. The number of amides is 1. The standard InChI is InChI=1S/C27H33IN4O/c1-6-27(7-2,20-13-15-21(28)16-14-20)30-25(33)23-18(3)31-32-24(23)29-22(17-26(32,4)5)19-11-9-8-10-12-19/h8-16,22,29H,6-7,17H2,1-5H3,(H,30,33). The number of carbonyl (C=O) groups is 1. The first-order valence-electron chi connectivity index (χ1n) is 11.7. The monoisotopic (exact) mass is 556 g/mol. The van der Waals surface area contributed by atoms with Gasteiger partial charge in [-0.15, -0.1) is 0 Å². The molecule has 6 heteroatoms. The van der Waals surface area contributed by atoms with Crippen molar-refractivity contribution in [3.05, 3.63) is 80.6 Å². The summed E-state index contributed by atoms with van der Waals surface area (Å²) in [6, 6.07) is 19.0. The van der Waals surface area contributed by atoms with E-state index in [1.807, 2.05) is 17.7 Å². The minimum atomic E-state index is -0.425. The number of hydrogen-bond donors (Lipinski definition) is 2. The summed E-state index contributed by atoms with van der Waals surface area (Å²) in [5.74, 6) is 0.729. The van der Waals surface area contributed by atoms with Gasteiger partial charge in [-0.05, 0) is 85.9 Å². The predicted molar refractivity (Wildman–Crippen MR) is 143 cm³/mol. The first-order chi connectivity index (χ1) is 15.7. The fraction of sp³-hybridized carbons (Fsp3) is 0.407. The Labute approximate surface area is 210 Å². The average molecular weight is 556 g/mol. The number of hydrogen-bond acceptors (Lipinski definition) is 3. The summed E-state index contributed by atoms with van der Waals surface area (Å²) in [7, 11) is 0. The Morgan fingerprint density at radius 2 is 1.79 bits per heavy atom. The lowest BCUT2D eigenvalue weighted by Crippen LogP contribution is -2.45. The molecule has 0 saturated carbocycles. The Morgan fingerprint density at radius 3 is 2.39 bits per heavy atom. The first-order valence-corrected chi connectivity index (χ1v) is 12.8. The highest BCUT2D eigenvalue weighted by Crippen LogP contribution is 2.41. The molecule has 0 bridgehead atoms. The zero-order valence-electron chi connectivity index (χ0n) is 20.1. The van der Waals surface area contributed by atoms with Crippen LogP contribution in [0.15, 0.2) is 54.6 Å². The number of benzene rings is 2. The molecular weight excluding hydrogens is 523 g/mol. The van der Waals surface area contributed by atoms with Gasteiger partial charge in [0, 0.05) is 3.57 Å². The average Bonchev–Trinajstić information content (AvgIpc) is 3.15. The van der Waals surface area contributed by atoms with Crippen molar-refractivity contribution in [1.82, 2.24) is 15.1 Å². The molecule has 5 nitrogen and oxygen atoms in total. The maximum absolute atomic E-state index is 13.8. The summed E-state index contributed by atoms with van der Waals surface area (Å²) < 4.78 is 3.19. The van der Waals surface area contributed by atoms with Crippen LogP contribution >= 0.6 is 22.6 Å². The van der Waals surface area contributed by atoms with E-state index in [0.717, 1.165) is 36.3 Å². The van der Waals surface area contributed by atoms with Crippen molar-refractivity contribution in [1.29, 1.82) is 0 Å². The van der Waals surface area contributed by atoms with Gasteiger partial charge in [-0.25, -0.2) is 4.68 Å². The Morgan fingerprint density at radius 1 is 1.15 bits per heavy atom. The second-order valence-corrected chi connectivity index (χ2v) is 10.8. The molecule has 174 valence electrons. The number of nitrogens with one attached hydrogen (secondary N) is 2. The fourth-order valence-corrected chi connectivity index (χ4v) is 5.37. The minimum Gasteiger partial charge on any atom is -0.363 e. The van der Waals surface area contributed by atoms with E-state index in [4.69, 9.17) is 5.10 Å². The summed E-state index contributed by atoms with van der Waals surface area (Å²) in [5.41, 5.74) is 3.10. The van der Waals surface area contributed by atoms with Crippen molar-refractivity contribution in [3.8, 4) is 0 Å². The van der Waals surface area contributed by atoms with Crippen LogP contribution in [0.1, 0.15) is 80.2 Å². The molecule has 1 aliphatic rings. The highest BCUT2D eigenvalue weighted by atomic mass is 127. The summed E-state index contributed by atoms with van der Waals surface area (Å²) >= 11 is 2.31. The van der Waals surface area contributed by atoms with Crippen LogP contribution in [-0.2, 0) is 11.1 Å². The normalized spacial score (nSPS) is 17.2. The van der Waals surface area contributed by atoms with Gasteiger partial charge in [0.2, 0.25) is 0 Å². The second-order valence-electron chi connectivity index (χ2n) is 9.60. The van der Waals surface area contributed by atoms with Crippen molar-refractivity contribution in [3.63, 3.8) is 0 Å². The van der Waals surface area contributed by atoms with Gasteiger partial charge >= 0.3 is 0 Å². The lowest BCUT2D eigenvalue weighted by Gasteiger charge is -2.38. The number of anilines is 1. The molecule has 2 aromatic carbocycles. The van der Waals surface area contributed by atoms with Gasteiger partial charge in [-0.3, -0.25) is 4.79 Å². The van der Waals surface area contributed by atoms with Crippen LogP contribution in [-0.4, -0.2) is 15.7 Å². The number of halogens is 1. The third-order valence-electron chi connectivity index (χ3n) is 7.03. The summed E-state index contributed by atoms with van der Waals surface area (Å²) in [4.78, 5) is 13.8. The first kappa shape index (κ1) is 23.8. The second kappa shape index (κ2) is 9.12. The molecule has 1 amide bonds. The van der Waals surface area contributed by atoms with E-state index < -0.39 is 5.54 Å². The molecule has 2 N–H and O–H groups in total. The molecule has 0 fully saturated rings. The largest absolute Gasteiger partial charge is 0.363 e. The van der Waals surface area contributed by atoms with Crippen LogP contribution < -0.4 is 10.6 Å². The molecule has 0 radical (unpaired) electrons. The quantitative estimate of drug-likeness (QED) is 0.340. The molecule has 0 aliphatic carbocycles. The maximum atomic E-state index is 13.8. The van der Waals surface area contributed by atoms with Crippen LogP contribution in [0.3, 0.4) is 0 Å². The van der Waals surface area contributed by atoms with E-state index >= 15 is 0 Å².